The highest BCUT2D eigenvalue weighted by molar-refractivity contribution is 5.80. The van der Waals surface area contributed by atoms with Gasteiger partial charge in [-0.3, -0.25) is 0 Å². The van der Waals surface area contributed by atoms with E-state index in [1.807, 2.05) is 13.8 Å². The van der Waals surface area contributed by atoms with Crippen molar-refractivity contribution in [1.29, 1.82) is 0 Å². The molecule has 0 fully saturated rings. The van der Waals surface area contributed by atoms with Crippen LogP contribution in [-0.4, -0.2) is 30.8 Å². The van der Waals surface area contributed by atoms with Gasteiger partial charge in [0.15, 0.2) is 0 Å². The van der Waals surface area contributed by atoms with Crippen LogP contribution in [0.25, 0.3) is 11.0 Å². The highest BCUT2D eigenvalue weighted by atomic mass is 19.4. The number of hydrogen-bond acceptors (Lipinski definition) is 3. The lowest BCUT2D eigenvalue weighted by molar-refractivity contribution is -0.147. The summed E-state index contributed by atoms with van der Waals surface area (Å²) in [6.45, 7) is 4.23. The normalized spacial score (nSPS) is 12.7. The number of imidazole rings is 1. The molecule has 4 nitrogen and oxygen atoms in total. The summed E-state index contributed by atoms with van der Waals surface area (Å²) >= 11 is 0. The van der Waals surface area contributed by atoms with E-state index in [1.54, 1.807) is 39.5 Å². The highest BCUT2D eigenvalue weighted by Gasteiger charge is 2.37. The van der Waals surface area contributed by atoms with E-state index in [0.717, 1.165) is 12.1 Å². The smallest absolute Gasteiger partial charge is 0.388 e. The van der Waals surface area contributed by atoms with Crippen molar-refractivity contribution in [3.8, 4) is 0 Å². The van der Waals surface area contributed by atoms with Gasteiger partial charge in [0, 0.05) is 33.5 Å². The lowest BCUT2D eigenvalue weighted by Gasteiger charge is -2.15. The molecule has 130 valence electrons. The van der Waals surface area contributed by atoms with Crippen LogP contribution in [0.2, 0.25) is 0 Å². The van der Waals surface area contributed by atoms with Gasteiger partial charge in [-0.15, -0.1) is 0 Å². The van der Waals surface area contributed by atoms with E-state index in [0.29, 0.717) is 17.6 Å². The standard InChI is InChI=1S/C14H18F3N3.C2H6O/c1-4-9(2)8-20-12-6-5-10(18-3)7-11(12)19-13(20)14(15,16)17;1-3-2/h5-7,9,18H,4,8H2,1-3H3;1-2H3. The molecule has 1 aromatic carbocycles. The average Bonchev–Trinajstić information content (AvgIpc) is 2.85. The van der Waals surface area contributed by atoms with Crippen LogP contribution in [-0.2, 0) is 17.5 Å². The van der Waals surface area contributed by atoms with Crippen LogP contribution in [0.15, 0.2) is 18.2 Å². The van der Waals surface area contributed by atoms with Gasteiger partial charge in [-0.1, -0.05) is 20.3 Å². The van der Waals surface area contributed by atoms with E-state index in [1.165, 1.54) is 4.57 Å². The molecule has 1 heterocycles. The van der Waals surface area contributed by atoms with Crippen LogP contribution >= 0.6 is 0 Å². The van der Waals surface area contributed by atoms with Crippen LogP contribution in [0.5, 0.6) is 0 Å². The predicted octanol–water partition coefficient (Wildman–Crippen LogP) is 4.41. The molecule has 0 aliphatic heterocycles. The van der Waals surface area contributed by atoms with E-state index in [2.05, 4.69) is 15.0 Å². The Morgan fingerprint density at radius 1 is 1.30 bits per heavy atom. The Kier molecular flexibility index (Phi) is 6.87. The lowest BCUT2D eigenvalue weighted by Crippen LogP contribution is -2.17. The highest BCUT2D eigenvalue weighted by Crippen LogP contribution is 2.33. The van der Waals surface area contributed by atoms with Gasteiger partial charge in [0.05, 0.1) is 11.0 Å². The van der Waals surface area contributed by atoms with Crippen LogP contribution in [0.1, 0.15) is 26.1 Å². The Hall–Kier alpha value is -1.76. The lowest BCUT2D eigenvalue weighted by atomic mass is 10.1. The summed E-state index contributed by atoms with van der Waals surface area (Å²) in [5.74, 6) is -0.654. The van der Waals surface area contributed by atoms with E-state index in [-0.39, 0.29) is 5.92 Å². The molecular formula is C16H24F3N3O. The minimum atomic E-state index is -4.44. The SMILES string of the molecule is CCC(C)Cn1c(C(F)(F)F)nc2cc(NC)ccc21.COC. The Balaban J connectivity index is 0.000000816. The summed E-state index contributed by atoms with van der Waals surface area (Å²) in [4.78, 5) is 3.78. The third-order valence-electron chi connectivity index (χ3n) is 3.48. The maximum absolute atomic E-state index is 13.1. The number of rotatable bonds is 4. The summed E-state index contributed by atoms with van der Waals surface area (Å²) in [6, 6.07) is 5.08. The molecule has 0 amide bonds. The van der Waals surface area contributed by atoms with Gasteiger partial charge in [-0.05, 0) is 24.1 Å². The van der Waals surface area contributed by atoms with Gasteiger partial charge >= 0.3 is 6.18 Å². The molecule has 7 heteroatoms. The van der Waals surface area contributed by atoms with Gasteiger partial charge < -0.3 is 14.6 Å². The van der Waals surface area contributed by atoms with Crippen LogP contribution in [0, 0.1) is 5.92 Å². The minimum Gasteiger partial charge on any atom is -0.388 e. The Morgan fingerprint density at radius 2 is 1.91 bits per heavy atom. The molecule has 0 spiro atoms. The maximum atomic E-state index is 13.1. The monoisotopic (exact) mass is 331 g/mol. The fraction of sp³-hybridized carbons (Fsp3) is 0.562. The zero-order valence-electron chi connectivity index (χ0n) is 14.2. The molecule has 2 aromatic rings. The van der Waals surface area contributed by atoms with Gasteiger partial charge in [0.25, 0.3) is 0 Å². The van der Waals surface area contributed by atoms with Gasteiger partial charge in [0.2, 0.25) is 5.82 Å². The summed E-state index contributed by atoms with van der Waals surface area (Å²) in [6.07, 6.45) is -3.61. The Bertz CT molecular complexity index is 623. The molecule has 0 aliphatic rings. The van der Waals surface area contributed by atoms with Crippen molar-refractivity contribution < 1.29 is 17.9 Å². The quantitative estimate of drug-likeness (QED) is 0.902. The van der Waals surface area contributed by atoms with Crippen LogP contribution in [0.3, 0.4) is 0 Å². The first-order valence-corrected chi connectivity index (χ1v) is 7.43. The molecule has 1 atom stereocenters. The van der Waals surface area contributed by atoms with E-state index < -0.39 is 12.0 Å². The zero-order chi connectivity index (χ0) is 17.6. The van der Waals surface area contributed by atoms with E-state index in [4.69, 9.17) is 0 Å². The molecule has 1 N–H and O–H groups in total. The molecule has 1 aromatic heterocycles. The second-order valence-electron chi connectivity index (χ2n) is 5.42. The van der Waals surface area contributed by atoms with Crippen molar-refractivity contribution in [3.05, 3.63) is 24.0 Å². The number of nitrogens with zero attached hydrogens (tertiary/aromatic N) is 2. The first-order chi connectivity index (χ1) is 10.8. The number of alkyl halides is 3. The maximum Gasteiger partial charge on any atom is 0.449 e. The average molecular weight is 331 g/mol. The largest absolute Gasteiger partial charge is 0.449 e. The Labute approximate surface area is 134 Å². The molecule has 1 unspecified atom stereocenters. The molecule has 0 saturated heterocycles. The van der Waals surface area contributed by atoms with E-state index >= 15 is 0 Å². The van der Waals surface area contributed by atoms with E-state index in [9.17, 15) is 13.2 Å². The number of nitrogens with one attached hydrogen (secondary N) is 1. The summed E-state index contributed by atoms with van der Waals surface area (Å²) in [5, 5.41) is 2.91. The van der Waals surface area contributed by atoms with Crippen molar-refractivity contribution >= 4 is 16.7 Å². The summed E-state index contributed by atoms with van der Waals surface area (Å²) in [5.41, 5.74) is 1.64. The number of ether oxygens (including phenoxy) is 1. The van der Waals surface area contributed by atoms with Crippen molar-refractivity contribution in [3.63, 3.8) is 0 Å². The number of hydrogen-bond donors (Lipinski definition) is 1. The fourth-order valence-electron chi connectivity index (χ4n) is 2.13. The second kappa shape index (κ2) is 8.19. The van der Waals surface area contributed by atoms with Gasteiger partial charge in [-0.2, -0.15) is 13.2 Å². The van der Waals surface area contributed by atoms with Crippen molar-refractivity contribution in [2.45, 2.75) is 33.0 Å². The molecule has 0 aliphatic carbocycles. The van der Waals surface area contributed by atoms with Crippen molar-refractivity contribution in [2.24, 2.45) is 5.92 Å². The van der Waals surface area contributed by atoms with Crippen molar-refractivity contribution in [1.82, 2.24) is 9.55 Å². The first-order valence-electron chi connectivity index (χ1n) is 7.43. The molecule has 0 saturated carbocycles. The Morgan fingerprint density at radius 3 is 2.39 bits per heavy atom. The number of anilines is 1. The summed E-state index contributed by atoms with van der Waals surface area (Å²) < 4.78 is 44.9. The zero-order valence-corrected chi connectivity index (χ0v) is 14.2. The number of halogens is 3. The van der Waals surface area contributed by atoms with Crippen LogP contribution in [0.4, 0.5) is 18.9 Å². The minimum absolute atomic E-state index is 0.164. The first kappa shape index (κ1) is 19.3. The predicted molar refractivity (Wildman–Crippen MR) is 86.7 cm³/mol. The summed E-state index contributed by atoms with van der Waals surface area (Å²) in [7, 11) is 4.97. The molecule has 0 bridgehead atoms. The van der Waals surface area contributed by atoms with Gasteiger partial charge in [0.1, 0.15) is 0 Å². The number of benzene rings is 1. The second-order valence-corrected chi connectivity index (χ2v) is 5.42. The number of aromatic nitrogens is 2. The molecule has 23 heavy (non-hydrogen) atoms. The molecule has 2 rings (SSSR count). The van der Waals surface area contributed by atoms with Crippen molar-refractivity contribution in [2.75, 3.05) is 26.6 Å². The van der Waals surface area contributed by atoms with Crippen LogP contribution < -0.4 is 5.32 Å². The topological polar surface area (TPSA) is 39.1 Å². The van der Waals surface area contributed by atoms with Gasteiger partial charge in [-0.25, -0.2) is 4.98 Å². The third-order valence-corrected chi connectivity index (χ3v) is 3.48. The number of methoxy groups -OCH3 is 1. The third kappa shape index (κ3) is 4.86. The fourth-order valence-corrected chi connectivity index (χ4v) is 2.13. The molecular weight excluding hydrogens is 307 g/mol. The molecule has 0 radical (unpaired) electrons. The number of fused-ring (bicyclic) bond motifs is 1.